The summed E-state index contributed by atoms with van der Waals surface area (Å²) in [6, 6.07) is 5.13. The van der Waals surface area contributed by atoms with Crippen LogP contribution in [0.15, 0.2) is 18.2 Å². The average Bonchev–Trinajstić information content (AvgIpc) is 2.28. The molecule has 1 saturated carbocycles. The number of benzene rings is 1. The number of halogens is 1. The summed E-state index contributed by atoms with van der Waals surface area (Å²) in [5.74, 6) is 0.552. The van der Waals surface area contributed by atoms with E-state index in [1.54, 1.807) is 25.3 Å². The molecule has 1 aromatic rings. The Bertz CT molecular complexity index is 453. The number of rotatable bonds is 4. The summed E-state index contributed by atoms with van der Waals surface area (Å²) in [4.78, 5) is 12.2. The highest BCUT2D eigenvalue weighted by molar-refractivity contribution is 6.31. The van der Waals surface area contributed by atoms with Gasteiger partial charge in [-0.3, -0.25) is 4.79 Å². The molecule has 2 rings (SSSR count). The number of ether oxygens (including phenoxy) is 1. The standard InChI is InChI=1S/C13H17ClN2O2/c1-18-11-4-3-9(14)7-10(11)16-12(17)13(8-15)5-2-6-13/h3-4,7H,2,5-6,8,15H2,1H3,(H,16,17). The van der Waals surface area contributed by atoms with Gasteiger partial charge in [-0.25, -0.2) is 0 Å². The van der Waals surface area contributed by atoms with Crippen LogP contribution in [0.25, 0.3) is 0 Å². The highest BCUT2D eigenvalue weighted by Gasteiger charge is 2.43. The Morgan fingerprint density at radius 3 is 2.78 bits per heavy atom. The molecular weight excluding hydrogens is 252 g/mol. The van der Waals surface area contributed by atoms with Crippen molar-refractivity contribution in [2.24, 2.45) is 11.1 Å². The molecule has 98 valence electrons. The molecule has 1 amide bonds. The molecule has 18 heavy (non-hydrogen) atoms. The van der Waals surface area contributed by atoms with Crippen LogP contribution >= 0.6 is 11.6 Å². The second-order valence-corrected chi connectivity index (χ2v) is 5.07. The van der Waals surface area contributed by atoms with E-state index in [2.05, 4.69) is 5.32 Å². The largest absolute Gasteiger partial charge is 0.495 e. The Morgan fingerprint density at radius 1 is 1.56 bits per heavy atom. The normalized spacial score (nSPS) is 16.8. The molecule has 0 heterocycles. The lowest BCUT2D eigenvalue weighted by Gasteiger charge is -2.39. The molecule has 0 aliphatic heterocycles. The van der Waals surface area contributed by atoms with Crippen LogP contribution in [-0.4, -0.2) is 19.6 Å². The summed E-state index contributed by atoms with van der Waals surface area (Å²) in [5, 5.41) is 3.42. The van der Waals surface area contributed by atoms with E-state index in [-0.39, 0.29) is 5.91 Å². The van der Waals surface area contributed by atoms with E-state index in [1.165, 1.54) is 0 Å². The van der Waals surface area contributed by atoms with Crippen molar-refractivity contribution >= 4 is 23.2 Å². The van der Waals surface area contributed by atoms with Crippen molar-refractivity contribution < 1.29 is 9.53 Å². The maximum absolute atomic E-state index is 12.2. The number of nitrogens with one attached hydrogen (secondary N) is 1. The maximum atomic E-state index is 12.2. The highest BCUT2D eigenvalue weighted by atomic mass is 35.5. The smallest absolute Gasteiger partial charge is 0.231 e. The lowest BCUT2D eigenvalue weighted by Crippen LogP contribution is -2.47. The summed E-state index contributed by atoms with van der Waals surface area (Å²) in [5.41, 5.74) is 5.89. The fourth-order valence-corrected chi connectivity index (χ4v) is 2.33. The minimum atomic E-state index is -0.409. The number of methoxy groups -OCH3 is 1. The van der Waals surface area contributed by atoms with Gasteiger partial charge in [0.05, 0.1) is 18.2 Å². The van der Waals surface area contributed by atoms with Gasteiger partial charge in [0.25, 0.3) is 0 Å². The van der Waals surface area contributed by atoms with Crippen LogP contribution in [-0.2, 0) is 4.79 Å². The Labute approximate surface area is 111 Å². The molecule has 1 aromatic carbocycles. The molecule has 3 N–H and O–H groups in total. The number of hydrogen-bond donors (Lipinski definition) is 2. The SMILES string of the molecule is COc1ccc(Cl)cc1NC(=O)C1(CN)CCC1. The van der Waals surface area contributed by atoms with Gasteiger partial charge < -0.3 is 15.8 Å². The molecular formula is C13H17ClN2O2. The molecule has 4 nitrogen and oxygen atoms in total. The van der Waals surface area contributed by atoms with Gasteiger partial charge >= 0.3 is 0 Å². The summed E-state index contributed by atoms with van der Waals surface area (Å²) in [7, 11) is 1.56. The minimum Gasteiger partial charge on any atom is -0.495 e. The minimum absolute atomic E-state index is 0.0446. The zero-order valence-electron chi connectivity index (χ0n) is 10.3. The fraction of sp³-hybridized carbons (Fsp3) is 0.462. The molecule has 1 aliphatic rings. The first-order chi connectivity index (χ1) is 8.61. The first kappa shape index (κ1) is 13.2. The topological polar surface area (TPSA) is 64.3 Å². The summed E-state index contributed by atoms with van der Waals surface area (Å²) in [6.07, 6.45) is 2.74. The Morgan fingerprint density at radius 2 is 2.28 bits per heavy atom. The van der Waals surface area contributed by atoms with Gasteiger partial charge in [-0.15, -0.1) is 0 Å². The Kier molecular flexibility index (Phi) is 3.78. The predicted molar refractivity (Wildman–Crippen MR) is 72.0 cm³/mol. The van der Waals surface area contributed by atoms with E-state index in [9.17, 15) is 4.79 Å². The van der Waals surface area contributed by atoms with E-state index in [1.807, 2.05) is 0 Å². The molecule has 0 bridgehead atoms. The Hall–Kier alpha value is -1.26. The van der Waals surface area contributed by atoms with Crippen LogP contribution in [0.4, 0.5) is 5.69 Å². The van der Waals surface area contributed by atoms with Gasteiger partial charge in [-0.2, -0.15) is 0 Å². The molecule has 0 atom stereocenters. The molecule has 0 aromatic heterocycles. The monoisotopic (exact) mass is 268 g/mol. The van der Waals surface area contributed by atoms with Gasteiger partial charge in [0.15, 0.2) is 0 Å². The highest BCUT2D eigenvalue weighted by Crippen LogP contribution is 2.41. The van der Waals surface area contributed by atoms with Crippen molar-refractivity contribution in [3.63, 3.8) is 0 Å². The molecule has 0 spiro atoms. The molecule has 5 heteroatoms. The van der Waals surface area contributed by atoms with E-state index >= 15 is 0 Å². The third-order valence-corrected chi connectivity index (χ3v) is 3.83. The summed E-state index contributed by atoms with van der Waals surface area (Å²) >= 11 is 5.92. The predicted octanol–water partition coefficient (Wildman–Crippen LogP) is 2.42. The quantitative estimate of drug-likeness (QED) is 0.881. The number of carbonyl (C=O) groups excluding carboxylic acids is 1. The van der Waals surface area contributed by atoms with E-state index < -0.39 is 5.41 Å². The van der Waals surface area contributed by atoms with Crippen LogP contribution in [0.1, 0.15) is 19.3 Å². The number of hydrogen-bond acceptors (Lipinski definition) is 3. The molecule has 1 aliphatic carbocycles. The van der Waals surface area contributed by atoms with Crippen LogP contribution in [0.3, 0.4) is 0 Å². The van der Waals surface area contributed by atoms with Gasteiger partial charge in [0.2, 0.25) is 5.91 Å². The van der Waals surface area contributed by atoms with E-state index in [4.69, 9.17) is 22.1 Å². The van der Waals surface area contributed by atoms with Gasteiger partial charge in [-0.05, 0) is 31.0 Å². The third-order valence-electron chi connectivity index (χ3n) is 3.59. The second kappa shape index (κ2) is 5.16. The van der Waals surface area contributed by atoms with Crippen LogP contribution in [0.2, 0.25) is 5.02 Å². The summed E-state index contributed by atoms with van der Waals surface area (Å²) < 4.78 is 5.19. The second-order valence-electron chi connectivity index (χ2n) is 4.64. The average molecular weight is 269 g/mol. The van der Waals surface area contributed by atoms with Crippen LogP contribution in [0, 0.1) is 5.41 Å². The fourth-order valence-electron chi connectivity index (χ4n) is 2.16. The van der Waals surface area contributed by atoms with Crippen molar-refractivity contribution in [3.05, 3.63) is 23.2 Å². The zero-order valence-corrected chi connectivity index (χ0v) is 11.1. The molecule has 0 unspecified atom stereocenters. The molecule has 0 saturated heterocycles. The molecule has 1 fully saturated rings. The van der Waals surface area contributed by atoms with Crippen molar-refractivity contribution in [1.82, 2.24) is 0 Å². The van der Waals surface area contributed by atoms with Crippen molar-refractivity contribution in [3.8, 4) is 5.75 Å². The van der Waals surface area contributed by atoms with Crippen molar-refractivity contribution in [2.75, 3.05) is 19.0 Å². The summed E-state index contributed by atoms with van der Waals surface area (Å²) in [6.45, 7) is 0.377. The lowest BCUT2D eigenvalue weighted by atomic mass is 9.68. The first-order valence-electron chi connectivity index (χ1n) is 5.96. The van der Waals surface area contributed by atoms with Gasteiger partial charge in [0, 0.05) is 11.6 Å². The van der Waals surface area contributed by atoms with Gasteiger partial charge in [0.1, 0.15) is 5.75 Å². The first-order valence-corrected chi connectivity index (χ1v) is 6.34. The maximum Gasteiger partial charge on any atom is 0.231 e. The number of amides is 1. The number of anilines is 1. The third kappa shape index (κ3) is 2.31. The zero-order chi connectivity index (χ0) is 13.2. The Balaban J connectivity index is 2.18. The van der Waals surface area contributed by atoms with Crippen LogP contribution < -0.4 is 15.8 Å². The van der Waals surface area contributed by atoms with E-state index in [0.717, 1.165) is 19.3 Å². The van der Waals surface area contributed by atoms with Crippen molar-refractivity contribution in [1.29, 1.82) is 0 Å². The number of nitrogens with two attached hydrogens (primary N) is 1. The number of carbonyl (C=O) groups is 1. The van der Waals surface area contributed by atoms with Crippen molar-refractivity contribution in [2.45, 2.75) is 19.3 Å². The van der Waals surface area contributed by atoms with E-state index in [0.29, 0.717) is 23.0 Å². The van der Waals surface area contributed by atoms with Gasteiger partial charge in [-0.1, -0.05) is 18.0 Å². The van der Waals surface area contributed by atoms with Crippen LogP contribution in [0.5, 0.6) is 5.75 Å². The molecule has 0 radical (unpaired) electrons. The lowest BCUT2D eigenvalue weighted by molar-refractivity contribution is -0.129.